The van der Waals surface area contributed by atoms with Crippen molar-refractivity contribution in [3.8, 4) is 0 Å². The van der Waals surface area contributed by atoms with Gasteiger partial charge in [-0.1, -0.05) is 42.8 Å². The minimum atomic E-state index is -1.28. The Morgan fingerprint density at radius 3 is 2.83 bits per heavy atom. The van der Waals surface area contributed by atoms with Crippen molar-refractivity contribution < 1.29 is 18.8 Å². The van der Waals surface area contributed by atoms with E-state index in [-0.39, 0.29) is 12.6 Å². The second-order valence-corrected chi connectivity index (χ2v) is 7.33. The molecule has 1 fully saturated rings. The molecule has 1 saturated heterocycles. The van der Waals surface area contributed by atoms with Crippen molar-refractivity contribution >= 4 is 27.7 Å². The topological polar surface area (TPSA) is 66.8 Å². The monoisotopic (exact) mass is 347 g/mol. The van der Waals surface area contributed by atoms with E-state index in [1.165, 1.54) is 0 Å². The first kappa shape index (κ1) is 17.1. The largest absolute Gasteiger partial charge is 0.480 e. The number of carboxylic acid groups (broad SMARTS) is 1. The van der Waals surface area contributed by atoms with Gasteiger partial charge in [0, 0.05) is 12.6 Å². The highest BCUT2D eigenvalue weighted by atomic mass is 32.2. The van der Waals surface area contributed by atoms with Gasteiger partial charge in [-0.15, -0.1) is 0 Å². The predicted molar refractivity (Wildman–Crippen MR) is 93.2 cm³/mol. The Morgan fingerprint density at radius 2 is 2.00 bits per heavy atom. The van der Waals surface area contributed by atoms with Gasteiger partial charge in [-0.3, -0.25) is 0 Å². The maximum Gasteiger partial charge on any atom is 0.329 e. The van der Waals surface area contributed by atoms with Crippen molar-refractivity contribution in [3.63, 3.8) is 0 Å². The Balaban J connectivity index is 1.81. The molecule has 2 unspecified atom stereocenters. The molecule has 3 rings (SSSR count). The lowest BCUT2D eigenvalue weighted by Gasteiger charge is -2.34. The third-order valence-electron chi connectivity index (χ3n) is 4.26. The molecular weight excluding hydrogens is 326 g/mol. The van der Waals surface area contributed by atoms with Crippen LogP contribution in [-0.2, 0) is 20.5 Å². The molecule has 1 aliphatic rings. The predicted octanol–water partition coefficient (Wildman–Crippen LogP) is 2.82. The van der Waals surface area contributed by atoms with Gasteiger partial charge in [-0.25, -0.2) is 13.3 Å². The molecule has 0 aromatic heterocycles. The molecular formula is C18H21NO4S. The van der Waals surface area contributed by atoms with E-state index >= 15 is 0 Å². The molecule has 2 atom stereocenters. The summed E-state index contributed by atoms with van der Waals surface area (Å²) in [5.41, 5.74) is 0. The molecule has 128 valence electrons. The van der Waals surface area contributed by atoms with Crippen LogP contribution in [-0.4, -0.2) is 45.4 Å². The summed E-state index contributed by atoms with van der Waals surface area (Å²) in [6, 6.07) is 13.8. The summed E-state index contributed by atoms with van der Waals surface area (Å²) in [7, 11) is -1.28. The van der Waals surface area contributed by atoms with Crippen LogP contribution in [0.5, 0.6) is 0 Å². The molecule has 0 aliphatic carbocycles. The number of rotatable bonds is 6. The third kappa shape index (κ3) is 3.83. The lowest BCUT2D eigenvalue weighted by Crippen LogP contribution is -2.43. The molecule has 5 nitrogen and oxygen atoms in total. The lowest BCUT2D eigenvalue weighted by molar-refractivity contribution is -0.142. The van der Waals surface area contributed by atoms with Gasteiger partial charge in [0.2, 0.25) is 0 Å². The molecule has 1 N–H and O–H groups in total. The van der Waals surface area contributed by atoms with Crippen LogP contribution in [0.25, 0.3) is 10.8 Å². The molecule has 24 heavy (non-hydrogen) atoms. The van der Waals surface area contributed by atoms with Crippen LogP contribution >= 0.6 is 0 Å². The zero-order chi connectivity index (χ0) is 16.9. The Morgan fingerprint density at radius 1 is 1.21 bits per heavy atom. The molecule has 0 bridgehead atoms. The van der Waals surface area contributed by atoms with Crippen molar-refractivity contribution in [1.82, 2.24) is 4.31 Å². The van der Waals surface area contributed by atoms with Crippen LogP contribution in [0.15, 0.2) is 47.4 Å². The van der Waals surface area contributed by atoms with Crippen LogP contribution in [0, 0.1) is 0 Å². The minimum absolute atomic E-state index is 0.0158. The van der Waals surface area contributed by atoms with E-state index in [0.29, 0.717) is 6.61 Å². The van der Waals surface area contributed by atoms with Crippen LogP contribution in [0.4, 0.5) is 0 Å². The Hall–Kier alpha value is -1.76. The molecule has 2 aromatic rings. The second-order valence-electron chi connectivity index (χ2n) is 5.93. The fraction of sp³-hybridized carbons (Fsp3) is 0.389. The van der Waals surface area contributed by atoms with Crippen LogP contribution < -0.4 is 0 Å². The molecule has 0 spiro atoms. The molecule has 6 heteroatoms. The third-order valence-corrected chi connectivity index (χ3v) is 5.90. The number of aliphatic carboxylic acids is 1. The Kier molecular flexibility index (Phi) is 5.60. The van der Waals surface area contributed by atoms with Gasteiger partial charge in [0.1, 0.15) is 17.6 Å². The fourth-order valence-corrected chi connectivity index (χ4v) is 4.67. The number of hydrogen-bond donors (Lipinski definition) is 1. The zero-order valence-electron chi connectivity index (χ0n) is 13.4. The van der Waals surface area contributed by atoms with E-state index in [0.717, 1.165) is 41.5 Å². The fourth-order valence-electron chi connectivity index (χ4n) is 3.12. The van der Waals surface area contributed by atoms with E-state index in [2.05, 4.69) is 0 Å². The van der Waals surface area contributed by atoms with Gasteiger partial charge in [-0.05, 0) is 29.7 Å². The average molecular weight is 347 g/mol. The van der Waals surface area contributed by atoms with E-state index < -0.39 is 17.0 Å². The molecule has 0 amide bonds. The summed E-state index contributed by atoms with van der Waals surface area (Å²) in [4.78, 5) is 11.4. The van der Waals surface area contributed by atoms with Crippen LogP contribution in [0.1, 0.15) is 19.3 Å². The van der Waals surface area contributed by atoms with Gasteiger partial charge >= 0.3 is 5.97 Å². The minimum Gasteiger partial charge on any atom is -0.480 e. The first-order valence-corrected chi connectivity index (χ1v) is 9.23. The van der Waals surface area contributed by atoms with Gasteiger partial charge in [0.25, 0.3) is 0 Å². The SMILES string of the molecule is O=C(O)COCC1CCCCN1S(=O)c1cccc2ccccc12. The highest BCUT2D eigenvalue weighted by Gasteiger charge is 2.28. The summed E-state index contributed by atoms with van der Waals surface area (Å²) in [5.74, 6) is -0.979. The normalized spacial score (nSPS) is 20.1. The number of ether oxygens (including phenoxy) is 1. The number of benzene rings is 2. The summed E-state index contributed by atoms with van der Waals surface area (Å²) < 4.78 is 20.4. The second kappa shape index (κ2) is 7.88. The zero-order valence-corrected chi connectivity index (χ0v) is 14.2. The molecule has 0 radical (unpaired) electrons. The van der Waals surface area contributed by atoms with Crippen molar-refractivity contribution in [1.29, 1.82) is 0 Å². The number of carbonyl (C=O) groups is 1. The number of hydrogen-bond acceptors (Lipinski definition) is 3. The number of piperidine rings is 1. The number of fused-ring (bicyclic) bond motifs is 1. The van der Waals surface area contributed by atoms with E-state index in [1.54, 1.807) is 0 Å². The van der Waals surface area contributed by atoms with Crippen molar-refractivity contribution in [2.75, 3.05) is 19.8 Å². The van der Waals surface area contributed by atoms with Gasteiger partial charge in [0.15, 0.2) is 0 Å². The first-order valence-electron chi connectivity index (χ1n) is 8.12. The summed E-state index contributed by atoms with van der Waals surface area (Å²) in [6.45, 7) is 0.713. The molecule has 1 aliphatic heterocycles. The van der Waals surface area contributed by atoms with E-state index in [4.69, 9.17) is 9.84 Å². The molecule has 2 aromatic carbocycles. The van der Waals surface area contributed by atoms with Gasteiger partial charge < -0.3 is 9.84 Å². The van der Waals surface area contributed by atoms with Gasteiger partial charge in [-0.2, -0.15) is 0 Å². The van der Waals surface area contributed by atoms with E-state index in [9.17, 15) is 9.00 Å². The summed E-state index contributed by atoms with van der Waals surface area (Å²) in [5, 5.41) is 10.8. The first-order chi connectivity index (χ1) is 11.7. The van der Waals surface area contributed by atoms with Crippen LogP contribution in [0.3, 0.4) is 0 Å². The number of carboxylic acids is 1. The van der Waals surface area contributed by atoms with Crippen molar-refractivity contribution in [3.05, 3.63) is 42.5 Å². The highest BCUT2D eigenvalue weighted by Crippen LogP contribution is 2.27. The molecule has 0 saturated carbocycles. The van der Waals surface area contributed by atoms with Crippen molar-refractivity contribution in [2.45, 2.75) is 30.2 Å². The maximum atomic E-state index is 13.2. The average Bonchev–Trinajstić information content (AvgIpc) is 2.61. The number of nitrogens with zero attached hydrogens (tertiary/aromatic N) is 1. The van der Waals surface area contributed by atoms with Gasteiger partial charge in [0.05, 0.1) is 11.5 Å². The Bertz CT molecular complexity index is 743. The smallest absolute Gasteiger partial charge is 0.329 e. The highest BCUT2D eigenvalue weighted by molar-refractivity contribution is 7.83. The van der Waals surface area contributed by atoms with Crippen LogP contribution in [0.2, 0.25) is 0 Å². The lowest BCUT2D eigenvalue weighted by atomic mass is 10.1. The quantitative estimate of drug-likeness (QED) is 0.872. The van der Waals surface area contributed by atoms with Crippen molar-refractivity contribution in [2.24, 2.45) is 0 Å². The molecule has 1 heterocycles. The Labute approximate surface area is 143 Å². The summed E-state index contributed by atoms with van der Waals surface area (Å²) in [6.07, 6.45) is 2.91. The maximum absolute atomic E-state index is 13.2. The summed E-state index contributed by atoms with van der Waals surface area (Å²) >= 11 is 0. The standard InChI is InChI=1S/C18H21NO4S/c20-18(21)13-23-12-15-8-3-4-11-19(15)24(22)17-10-5-7-14-6-1-2-9-16(14)17/h1-2,5-7,9-10,15H,3-4,8,11-13H2,(H,20,21). The van der Waals surface area contributed by atoms with E-state index in [1.807, 2.05) is 46.8 Å².